The van der Waals surface area contributed by atoms with Crippen molar-refractivity contribution in [2.45, 2.75) is 114 Å². The molecule has 0 radical (unpaired) electrons. The molecular weight excluding hydrogens is 314 g/mol. The van der Waals surface area contributed by atoms with Gasteiger partial charge in [-0.3, -0.25) is 0 Å². The van der Waals surface area contributed by atoms with Crippen molar-refractivity contribution in [3.8, 4) is 0 Å². The number of nitrogens with one attached hydrogen (secondary N) is 2. The third-order valence-corrected chi connectivity index (χ3v) is 6.24. The Morgan fingerprint density at radius 2 is 0.920 bits per heavy atom. The molecular formula is C20H35N3O2. The summed E-state index contributed by atoms with van der Waals surface area (Å²) in [6.45, 7) is 0. The summed E-state index contributed by atoms with van der Waals surface area (Å²) in [5.41, 5.74) is 0. The number of rotatable bonds is 3. The van der Waals surface area contributed by atoms with E-state index in [2.05, 4.69) is 10.6 Å². The third kappa shape index (κ3) is 5.35. The topological polar surface area (TPSA) is 61.4 Å². The Labute approximate surface area is 152 Å². The summed E-state index contributed by atoms with van der Waals surface area (Å²) in [4.78, 5) is 27.4. The molecule has 0 aromatic carbocycles. The number of nitrogens with zero attached hydrogens (tertiary/aromatic N) is 1. The van der Waals surface area contributed by atoms with Crippen LogP contribution in [0.4, 0.5) is 9.59 Å². The molecule has 25 heavy (non-hydrogen) atoms. The van der Waals surface area contributed by atoms with Crippen LogP contribution >= 0.6 is 0 Å². The summed E-state index contributed by atoms with van der Waals surface area (Å²) >= 11 is 0. The van der Waals surface area contributed by atoms with E-state index >= 15 is 0 Å². The monoisotopic (exact) mass is 349 g/mol. The van der Waals surface area contributed by atoms with Gasteiger partial charge in [0.25, 0.3) is 0 Å². The van der Waals surface area contributed by atoms with Gasteiger partial charge in [-0.1, -0.05) is 57.8 Å². The zero-order chi connectivity index (χ0) is 17.5. The number of hydrogen-bond acceptors (Lipinski definition) is 2. The lowest BCUT2D eigenvalue weighted by Crippen LogP contribution is -2.57. The molecule has 0 atom stereocenters. The minimum atomic E-state index is -0.160. The average molecular weight is 350 g/mol. The predicted octanol–water partition coefficient (Wildman–Crippen LogP) is 4.71. The highest BCUT2D eigenvalue weighted by Gasteiger charge is 2.33. The van der Waals surface area contributed by atoms with Crippen molar-refractivity contribution in [2.24, 2.45) is 0 Å². The molecule has 3 saturated carbocycles. The molecule has 0 saturated heterocycles. The zero-order valence-electron chi connectivity index (χ0n) is 15.6. The van der Waals surface area contributed by atoms with Crippen molar-refractivity contribution in [2.75, 3.05) is 0 Å². The lowest BCUT2D eigenvalue weighted by Gasteiger charge is -2.36. The van der Waals surface area contributed by atoms with Crippen LogP contribution in [0.15, 0.2) is 0 Å². The van der Waals surface area contributed by atoms with Crippen LogP contribution in [0.25, 0.3) is 0 Å². The third-order valence-electron chi connectivity index (χ3n) is 6.24. The molecule has 4 amide bonds. The Morgan fingerprint density at radius 1 is 0.560 bits per heavy atom. The quantitative estimate of drug-likeness (QED) is 0.775. The molecule has 3 rings (SSSR count). The first-order chi connectivity index (χ1) is 12.2. The number of carbonyl (C=O) groups excluding carboxylic acids is 2. The first-order valence-corrected chi connectivity index (χ1v) is 10.6. The fourth-order valence-corrected chi connectivity index (χ4v) is 4.75. The lowest BCUT2D eigenvalue weighted by molar-refractivity contribution is 0.148. The van der Waals surface area contributed by atoms with Crippen LogP contribution in [0.2, 0.25) is 0 Å². The van der Waals surface area contributed by atoms with Gasteiger partial charge in [0.1, 0.15) is 0 Å². The fraction of sp³-hybridized carbons (Fsp3) is 0.900. The van der Waals surface area contributed by atoms with Crippen molar-refractivity contribution in [3.05, 3.63) is 0 Å². The Bertz CT molecular complexity index is 404. The highest BCUT2D eigenvalue weighted by Crippen LogP contribution is 2.25. The lowest BCUT2D eigenvalue weighted by atomic mass is 9.93. The molecule has 5 heteroatoms. The molecule has 3 aliphatic carbocycles. The molecule has 0 heterocycles. The van der Waals surface area contributed by atoms with Crippen LogP contribution in [0, 0.1) is 0 Å². The molecule has 142 valence electrons. The van der Waals surface area contributed by atoms with E-state index in [1.165, 1.54) is 44.9 Å². The molecule has 3 aliphatic rings. The molecule has 0 unspecified atom stereocenters. The number of imide groups is 1. The van der Waals surface area contributed by atoms with Crippen molar-refractivity contribution in [1.29, 1.82) is 0 Å². The van der Waals surface area contributed by atoms with Crippen molar-refractivity contribution >= 4 is 12.1 Å². The fourth-order valence-electron chi connectivity index (χ4n) is 4.75. The summed E-state index contributed by atoms with van der Waals surface area (Å²) < 4.78 is 0. The first-order valence-electron chi connectivity index (χ1n) is 10.6. The normalized spacial score (nSPS) is 23.8. The highest BCUT2D eigenvalue weighted by atomic mass is 16.2. The van der Waals surface area contributed by atoms with Gasteiger partial charge >= 0.3 is 12.1 Å². The Kier molecular flexibility index (Phi) is 7.00. The molecule has 3 fully saturated rings. The van der Waals surface area contributed by atoms with Crippen LogP contribution in [-0.2, 0) is 0 Å². The maximum Gasteiger partial charge on any atom is 0.326 e. The van der Waals surface area contributed by atoms with Crippen LogP contribution in [0.5, 0.6) is 0 Å². The minimum absolute atomic E-state index is 0.0703. The predicted molar refractivity (Wildman–Crippen MR) is 99.5 cm³/mol. The smallest absolute Gasteiger partial charge is 0.326 e. The first kappa shape index (κ1) is 18.5. The van der Waals surface area contributed by atoms with E-state index in [0.29, 0.717) is 0 Å². The number of amides is 4. The van der Waals surface area contributed by atoms with E-state index in [1.807, 2.05) is 0 Å². The summed E-state index contributed by atoms with van der Waals surface area (Å²) in [7, 11) is 0. The van der Waals surface area contributed by atoms with E-state index in [4.69, 9.17) is 0 Å². The Balaban J connectivity index is 1.62. The largest absolute Gasteiger partial charge is 0.335 e. The molecule has 0 aliphatic heterocycles. The second-order valence-corrected chi connectivity index (χ2v) is 8.23. The number of hydrogen-bond donors (Lipinski definition) is 2. The zero-order valence-corrected chi connectivity index (χ0v) is 15.6. The molecule has 0 bridgehead atoms. The second kappa shape index (κ2) is 9.44. The maximum atomic E-state index is 12.9. The van der Waals surface area contributed by atoms with E-state index in [9.17, 15) is 9.59 Å². The molecule has 5 nitrogen and oxygen atoms in total. The van der Waals surface area contributed by atoms with Crippen LogP contribution in [0.1, 0.15) is 96.3 Å². The van der Waals surface area contributed by atoms with Crippen LogP contribution in [0.3, 0.4) is 0 Å². The van der Waals surface area contributed by atoms with Crippen LogP contribution in [-0.4, -0.2) is 35.1 Å². The average Bonchev–Trinajstić information content (AvgIpc) is 2.64. The second-order valence-electron chi connectivity index (χ2n) is 8.23. The van der Waals surface area contributed by atoms with E-state index in [0.717, 1.165) is 51.4 Å². The molecule has 0 aromatic rings. The maximum absolute atomic E-state index is 12.9. The van der Waals surface area contributed by atoms with Crippen molar-refractivity contribution in [3.63, 3.8) is 0 Å². The van der Waals surface area contributed by atoms with Crippen molar-refractivity contribution in [1.82, 2.24) is 15.5 Å². The number of urea groups is 2. The minimum Gasteiger partial charge on any atom is -0.335 e. The van der Waals surface area contributed by atoms with Gasteiger partial charge in [0, 0.05) is 18.1 Å². The number of carbonyl (C=O) groups is 2. The van der Waals surface area contributed by atoms with Gasteiger partial charge < -0.3 is 10.6 Å². The van der Waals surface area contributed by atoms with Gasteiger partial charge in [0.05, 0.1) is 0 Å². The van der Waals surface area contributed by atoms with Gasteiger partial charge in [-0.15, -0.1) is 0 Å². The van der Waals surface area contributed by atoms with Gasteiger partial charge in [-0.2, -0.15) is 0 Å². The highest BCUT2D eigenvalue weighted by molar-refractivity contribution is 5.94. The molecule has 2 N–H and O–H groups in total. The van der Waals surface area contributed by atoms with E-state index < -0.39 is 0 Å². The van der Waals surface area contributed by atoms with Gasteiger partial charge in [0.2, 0.25) is 0 Å². The standard InChI is InChI=1S/C20H35N3O2/c24-19(21-16-10-4-1-5-11-16)23(18-14-8-3-9-15-18)20(25)22-17-12-6-2-7-13-17/h16-18H,1-15H2,(H,21,24)(H,22,25). The van der Waals surface area contributed by atoms with Crippen molar-refractivity contribution < 1.29 is 9.59 Å². The summed E-state index contributed by atoms with van der Waals surface area (Å²) in [6, 6.07) is 0.241. The van der Waals surface area contributed by atoms with Gasteiger partial charge in [-0.25, -0.2) is 14.5 Å². The summed E-state index contributed by atoms with van der Waals surface area (Å²) in [5.74, 6) is 0. The van der Waals surface area contributed by atoms with E-state index in [1.54, 1.807) is 4.90 Å². The SMILES string of the molecule is O=C(NC1CCCCC1)N(C(=O)NC1CCCCC1)C1CCCCC1. The van der Waals surface area contributed by atoms with Gasteiger partial charge in [0.15, 0.2) is 0 Å². The van der Waals surface area contributed by atoms with E-state index in [-0.39, 0.29) is 30.2 Å². The van der Waals surface area contributed by atoms with Gasteiger partial charge in [-0.05, 0) is 38.5 Å². The summed E-state index contributed by atoms with van der Waals surface area (Å²) in [6.07, 6.45) is 16.8. The molecule has 0 spiro atoms. The van der Waals surface area contributed by atoms with Crippen LogP contribution < -0.4 is 10.6 Å². The summed E-state index contributed by atoms with van der Waals surface area (Å²) in [5, 5.41) is 6.32. The Hall–Kier alpha value is -1.26. The Morgan fingerprint density at radius 3 is 1.32 bits per heavy atom. The molecule has 0 aromatic heterocycles.